The summed E-state index contributed by atoms with van der Waals surface area (Å²) in [6, 6.07) is 21.9. The van der Waals surface area contributed by atoms with Crippen LogP contribution in [0.3, 0.4) is 0 Å². The third-order valence-corrected chi connectivity index (χ3v) is 4.59. The molecule has 0 saturated carbocycles. The number of carbonyl (C=O) groups excluding carboxylic acids is 1. The number of anilines is 1. The summed E-state index contributed by atoms with van der Waals surface area (Å²) in [6.45, 7) is 1.74. The molecule has 3 nitrogen and oxygen atoms in total. The van der Waals surface area contributed by atoms with Gasteiger partial charge in [-0.25, -0.2) is 4.39 Å². The Morgan fingerprint density at radius 2 is 1.73 bits per heavy atom. The molecule has 0 saturated heterocycles. The van der Waals surface area contributed by atoms with E-state index >= 15 is 0 Å². The van der Waals surface area contributed by atoms with Gasteiger partial charge in [-0.15, -0.1) is 0 Å². The van der Waals surface area contributed by atoms with E-state index in [-0.39, 0.29) is 11.8 Å². The first-order chi connectivity index (χ1) is 12.7. The standard InChI is InChI=1S/C21H18FNO2S/c1-2-21(24)25-19-10-6-7-11-20(19)26-23-18-14-16(12-13-17(18)22)15-8-4-3-5-9-15/h3-14,23H,2H2,1H3. The Labute approximate surface area is 156 Å². The smallest absolute Gasteiger partial charge is 0.310 e. The number of halogens is 1. The van der Waals surface area contributed by atoms with E-state index in [1.165, 1.54) is 18.0 Å². The first kappa shape index (κ1) is 18.0. The Morgan fingerprint density at radius 1 is 1.00 bits per heavy atom. The van der Waals surface area contributed by atoms with Crippen LogP contribution in [0.5, 0.6) is 5.75 Å². The molecule has 3 aromatic rings. The Bertz CT molecular complexity index is 900. The number of hydrogen-bond donors (Lipinski definition) is 1. The summed E-state index contributed by atoms with van der Waals surface area (Å²) >= 11 is 1.20. The average Bonchev–Trinajstić information content (AvgIpc) is 2.69. The highest BCUT2D eigenvalue weighted by Crippen LogP contribution is 2.32. The van der Waals surface area contributed by atoms with E-state index in [1.807, 2.05) is 42.5 Å². The zero-order valence-electron chi connectivity index (χ0n) is 14.2. The van der Waals surface area contributed by atoms with Gasteiger partial charge in [-0.1, -0.05) is 55.5 Å². The van der Waals surface area contributed by atoms with Gasteiger partial charge < -0.3 is 9.46 Å². The zero-order chi connectivity index (χ0) is 18.4. The quantitative estimate of drug-likeness (QED) is 0.333. The first-order valence-corrected chi connectivity index (χ1v) is 9.06. The van der Waals surface area contributed by atoms with Crippen molar-refractivity contribution in [3.63, 3.8) is 0 Å². The van der Waals surface area contributed by atoms with E-state index in [4.69, 9.17) is 4.74 Å². The van der Waals surface area contributed by atoms with Gasteiger partial charge in [0.2, 0.25) is 0 Å². The minimum Gasteiger partial charge on any atom is -0.425 e. The number of benzene rings is 3. The van der Waals surface area contributed by atoms with Crippen LogP contribution in [0, 0.1) is 5.82 Å². The van der Waals surface area contributed by atoms with Gasteiger partial charge in [0.25, 0.3) is 0 Å². The molecule has 0 unspecified atom stereocenters. The van der Waals surface area contributed by atoms with Crippen molar-refractivity contribution in [3.8, 4) is 16.9 Å². The number of rotatable bonds is 6. The van der Waals surface area contributed by atoms with Crippen molar-refractivity contribution in [2.24, 2.45) is 0 Å². The topological polar surface area (TPSA) is 38.3 Å². The monoisotopic (exact) mass is 367 g/mol. The lowest BCUT2D eigenvalue weighted by Gasteiger charge is -2.12. The second-order valence-electron chi connectivity index (χ2n) is 5.54. The predicted molar refractivity (Wildman–Crippen MR) is 104 cm³/mol. The summed E-state index contributed by atoms with van der Waals surface area (Å²) in [4.78, 5) is 12.3. The molecule has 3 aromatic carbocycles. The highest BCUT2D eigenvalue weighted by molar-refractivity contribution is 8.00. The molecule has 1 N–H and O–H groups in total. The predicted octanol–water partition coefficient (Wildman–Crippen LogP) is 5.93. The molecule has 0 fully saturated rings. The average molecular weight is 367 g/mol. The highest BCUT2D eigenvalue weighted by Gasteiger charge is 2.10. The molecular formula is C21H18FNO2S. The summed E-state index contributed by atoms with van der Waals surface area (Å²) in [7, 11) is 0. The van der Waals surface area contributed by atoms with Gasteiger partial charge in [-0.05, 0) is 47.3 Å². The van der Waals surface area contributed by atoms with Crippen LogP contribution in [0.15, 0.2) is 77.7 Å². The third kappa shape index (κ3) is 4.43. The van der Waals surface area contributed by atoms with Gasteiger partial charge in [0.05, 0.1) is 10.6 Å². The van der Waals surface area contributed by atoms with Gasteiger partial charge in [0, 0.05) is 6.42 Å². The molecule has 132 valence electrons. The van der Waals surface area contributed by atoms with E-state index < -0.39 is 0 Å². The maximum absolute atomic E-state index is 14.2. The number of nitrogens with one attached hydrogen (secondary N) is 1. The summed E-state index contributed by atoms with van der Waals surface area (Å²) in [6.07, 6.45) is 0.292. The second-order valence-corrected chi connectivity index (χ2v) is 6.39. The van der Waals surface area contributed by atoms with Crippen molar-refractivity contribution in [2.75, 3.05) is 4.72 Å². The lowest BCUT2D eigenvalue weighted by molar-refractivity contribution is -0.134. The van der Waals surface area contributed by atoms with E-state index in [1.54, 1.807) is 31.2 Å². The summed E-state index contributed by atoms with van der Waals surface area (Å²) in [5.74, 6) is -0.202. The van der Waals surface area contributed by atoms with Crippen molar-refractivity contribution in [3.05, 3.63) is 78.6 Å². The molecule has 3 rings (SSSR count). The molecule has 0 atom stereocenters. The first-order valence-electron chi connectivity index (χ1n) is 8.25. The van der Waals surface area contributed by atoms with Crippen LogP contribution in [0.4, 0.5) is 10.1 Å². The van der Waals surface area contributed by atoms with Crippen LogP contribution in [0.2, 0.25) is 0 Å². The fourth-order valence-corrected chi connectivity index (χ4v) is 3.07. The van der Waals surface area contributed by atoms with E-state index in [2.05, 4.69) is 4.72 Å². The third-order valence-electron chi connectivity index (χ3n) is 3.71. The number of para-hydroxylation sites is 1. The fraction of sp³-hybridized carbons (Fsp3) is 0.0952. The molecule has 26 heavy (non-hydrogen) atoms. The van der Waals surface area contributed by atoms with Gasteiger partial charge in [-0.3, -0.25) is 4.79 Å². The van der Waals surface area contributed by atoms with Gasteiger partial charge >= 0.3 is 5.97 Å². The Morgan fingerprint density at radius 3 is 2.50 bits per heavy atom. The van der Waals surface area contributed by atoms with Crippen LogP contribution >= 0.6 is 11.9 Å². The number of ether oxygens (including phenoxy) is 1. The Kier molecular flexibility index (Phi) is 5.92. The largest absolute Gasteiger partial charge is 0.425 e. The van der Waals surface area contributed by atoms with E-state index in [0.29, 0.717) is 22.8 Å². The lowest BCUT2D eigenvalue weighted by atomic mass is 10.1. The van der Waals surface area contributed by atoms with E-state index in [0.717, 1.165) is 11.1 Å². The van der Waals surface area contributed by atoms with Crippen molar-refractivity contribution in [1.29, 1.82) is 0 Å². The molecule has 0 spiro atoms. The molecule has 0 amide bonds. The summed E-state index contributed by atoms with van der Waals surface area (Å²) < 4.78 is 22.5. The van der Waals surface area contributed by atoms with Crippen molar-refractivity contribution < 1.29 is 13.9 Å². The molecule has 0 heterocycles. The van der Waals surface area contributed by atoms with Crippen molar-refractivity contribution in [2.45, 2.75) is 18.2 Å². The van der Waals surface area contributed by atoms with Crippen molar-refractivity contribution in [1.82, 2.24) is 0 Å². The second kappa shape index (κ2) is 8.54. The number of esters is 1. The summed E-state index contributed by atoms with van der Waals surface area (Å²) in [5, 5.41) is 0. The van der Waals surface area contributed by atoms with Gasteiger partial charge in [-0.2, -0.15) is 0 Å². The highest BCUT2D eigenvalue weighted by atomic mass is 32.2. The zero-order valence-corrected chi connectivity index (χ0v) is 15.1. The lowest BCUT2D eigenvalue weighted by Crippen LogP contribution is -2.06. The maximum Gasteiger partial charge on any atom is 0.310 e. The van der Waals surface area contributed by atoms with Crippen LogP contribution in [-0.4, -0.2) is 5.97 Å². The Hall–Kier alpha value is -2.79. The van der Waals surface area contributed by atoms with E-state index in [9.17, 15) is 9.18 Å². The van der Waals surface area contributed by atoms with Gasteiger partial charge in [0.1, 0.15) is 11.6 Å². The minimum absolute atomic E-state index is 0.292. The number of hydrogen-bond acceptors (Lipinski definition) is 4. The molecule has 0 aliphatic heterocycles. The SMILES string of the molecule is CCC(=O)Oc1ccccc1SNc1cc(-c2ccccc2)ccc1F. The van der Waals surface area contributed by atoms with Crippen LogP contribution in [-0.2, 0) is 4.79 Å². The molecule has 0 bridgehead atoms. The molecule has 0 radical (unpaired) electrons. The Balaban J connectivity index is 1.79. The van der Waals surface area contributed by atoms with Crippen LogP contribution < -0.4 is 9.46 Å². The fourth-order valence-electron chi connectivity index (χ4n) is 2.34. The number of carbonyl (C=O) groups is 1. The molecule has 5 heteroatoms. The van der Waals surface area contributed by atoms with Crippen LogP contribution in [0.1, 0.15) is 13.3 Å². The van der Waals surface area contributed by atoms with Crippen molar-refractivity contribution >= 4 is 23.6 Å². The minimum atomic E-state index is -0.347. The molecule has 0 aromatic heterocycles. The van der Waals surface area contributed by atoms with Crippen LogP contribution in [0.25, 0.3) is 11.1 Å². The van der Waals surface area contributed by atoms with Gasteiger partial charge in [0.15, 0.2) is 0 Å². The normalized spacial score (nSPS) is 10.4. The molecule has 0 aliphatic rings. The maximum atomic E-state index is 14.2. The molecule has 0 aliphatic carbocycles. The molecular weight excluding hydrogens is 349 g/mol. The summed E-state index contributed by atoms with van der Waals surface area (Å²) in [5.41, 5.74) is 2.30.